The zero-order chi connectivity index (χ0) is 14.1. The summed E-state index contributed by atoms with van der Waals surface area (Å²) in [7, 11) is 0. The van der Waals surface area contributed by atoms with Crippen molar-refractivity contribution in [2.75, 3.05) is 19.6 Å². The summed E-state index contributed by atoms with van der Waals surface area (Å²) < 4.78 is 0. The fourth-order valence-electron chi connectivity index (χ4n) is 3.18. The highest BCUT2D eigenvalue weighted by Crippen LogP contribution is 2.47. The van der Waals surface area contributed by atoms with Gasteiger partial charge in [-0.25, -0.2) is 0 Å². The predicted molar refractivity (Wildman–Crippen MR) is 71.5 cm³/mol. The lowest BCUT2D eigenvalue weighted by atomic mass is 9.75. The van der Waals surface area contributed by atoms with E-state index in [2.05, 4.69) is 0 Å². The summed E-state index contributed by atoms with van der Waals surface area (Å²) in [4.78, 5) is 25.7. The largest absolute Gasteiger partial charge is 0.481 e. The summed E-state index contributed by atoms with van der Waals surface area (Å²) in [5, 5.41) is 9.44. The van der Waals surface area contributed by atoms with Gasteiger partial charge in [0.25, 0.3) is 0 Å². The summed E-state index contributed by atoms with van der Waals surface area (Å²) in [5.41, 5.74) is 4.75. The average molecular weight is 268 g/mol. The molecule has 0 radical (unpaired) electrons. The van der Waals surface area contributed by atoms with Gasteiger partial charge in [0.1, 0.15) is 0 Å². The zero-order valence-corrected chi connectivity index (χ0v) is 11.7. The van der Waals surface area contributed by atoms with Gasteiger partial charge in [-0.15, -0.1) is 0 Å². The molecular weight excluding hydrogens is 244 g/mol. The zero-order valence-electron chi connectivity index (χ0n) is 11.7. The molecule has 1 saturated carbocycles. The summed E-state index contributed by atoms with van der Waals surface area (Å²) in [5.74, 6) is -0.563. The van der Waals surface area contributed by atoms with Crippen LogP contribution in [0.4, 0.5) is 0 Å². The summed E-state index contributed by atoms with van der Waals surface area (Å²) in [6.07, 6.45) is 4.49. The number of nitrogens with zero attached hydrogens (tertiary/aromatic N) is 1. The maximum Gasteiger partial charge on any atom is 0.309 e. The molecule has 2 rings (SSSR count). The van der Waals surface area contributed by atoms with Gasteiger partial charge in [-0.3, -0.25) is 9.59 Å². The smallest absolute Gasteiger partial charge is 0.309 e. The first-order valence-corrected chi connectivity index (χ1v) is 7.22. The molecule has 19 heavy (non-hydrogen) atoms. The molecule has 1 amide bonds. The molecule has 1 aliphatic carbocycles. The molecule has 1 heterocycles. The molecule has 2 fully saturated rings. The van der Waals surface area contributed by atoms with Crippen molar-refractivity contribution in [2.45, 2.75) is 45.4 Å². The number of hydrogen-bond donors (Lipinski definition) is 2. The third kappa shape index (κ3) is 2.48. The Morgan fingerprint density at radius 3 is 2.11 bits per heavy atom. The molecule has 2 aliphatic rings. The van der Waals surface area contributed by atoms with Crippen LogP contribution in [0.3, 0.4) is 0 Å². The van der Waals surface area contributed by atoms with E-state index in [1.165, 1.54) is 0 Å². The fraction of sp³-hybridized carbons (Fsp3) is 0.857. The Balaban J connectivity index is 1.98. The van der Waals surface area contributed by atoms with Crippen molar-refractivity contribution in [3.63, 3.8) is 0 Å². The fourth-order valence-corrected chi connectivity index (χ4v) is 3.18. The van der Waals surface area contributed by atoms with E-state index in [4.69, 9.17) is 5.73 Å². The number of rotatable bonds is 5. The van der Waals surface area contributed by atoms with E-state index in [9.17, 15) is 14.7 Å². The molecule has 108 valence electrons. The Labute approximate surface area is 114 Å². The van der Waals surface area contributed by atoms with Crippen LogP contribution in [0.1, 0.15) is 45.4 Å². The van der Waals surface area contributed by atoms with Crippen molar-refractivity contribution in [3.05, 3.63) is 0 Å². The summed E-state index contributed by atoms with van der Waals surface area (Å²) >= 11 is 0. The number of nitrogens with two attached hydrogens (primary N) is 1. The molecule has 3 N–H and O–H groups in total. The van der Waals surface area contributed by atoms with Gasteiger partial charge in [0, 0.05) is 19.6 Å². The van der Waals surface area contributed by atoms with Crippen LogP contribution >= 0.6 is 0 Å². The Hall–Kier alpha value is -1.10. The molecule has 0 spiro atoms. The quantitative estimate of drug-likeness (QED) is 0.785. The van der Waals surface area contributed by atoms with Gasteiger partial charge < -0.3 is 15.7 Å². The van der Waals surface area contributed by atoms with Gasteiger partial charge in [0.05, 0.1) is 10.8 Å². The number of aliphatic carboxylic acids is 1. The number of piperidine rings is 1. The van der Waals surface area contributed by atoms with Crippen LogP contribution in [0.2, 0.25) is 0 Å². The maximum absolute atomic E-state index is 12.4. The van der Waals surface area contributed by atoms with Gasteiger partial charge in [-0.05, 0) is 32.1 Å². The molecule has 0 aromatic rings. The van der Waals surface area contributed by atoms with Crippen LogP contribution in [-0.4, -0.2) is 41.5 Å². The highest BCUT2D eigenvalue weighted by molar-refractivity contribution is 5.86. The first kappa shape index (κ1) is 14.3. The average Bonchev–Trinajstić information content (AvgIpc) is 3.20. The van der Waals surface area contributed by atoms with Crippen molar-refractivity contribution in [2.24, 2.45) is 16.6 Å². The number of carboxylic acids is 1. The van der Waals surface area contributed by atoms with Gasteiger partial charge in [-0.1, -0.05) is 13.3 Å². The first-order valence-electron chi connectivity index (χ1n) is 7.22. The van der Waals surface area contributed by atoms with Crippen LogP contribution < -0.4 is 5.73 Å². The molecule has 1 saturated heterocycles. The topological polar surface area (TPSA) is 83.6 Å². The van der Waals surface area contributed by atoms with E-state index >= 15 is 0 Å². The minimum atomic E-state index is -0.707. The van der Waals surface area contributed by atoms with E-state index < -0.39 is 11.4 Å². The van der Waals surface area contributed by atoms with Crippen LogP contribution in [-0.2, 0) is 9.59 Å². The molecular formula is C14H24N2O3. The van der Waals surface area contributed by atoms with Crippen molar-refractivity contribution >= 4 is 11.9 Å². The van der Waals surface area contributed by atoms with Gasteiger partial charge in [0.15, 0.2) is 0 Å². The number of carboxylic acid groups (broad SMARTS) is 1. The standard InChI is InChI=1S/C14H24N2O3/c1-2-3-13(12(18)19)6-8-16(9-7-13)11(17)14(10-15)4-5-14/h2-10,15H2,1H3,(H,18,19). The SMILES string of the molecule is CCCC1(C(=O)O)CCN(C(=O)C2(CN)CC2)CC1. The number of likely N-dealkylation sites (tertiary alicyclic amines) is 1. The predicted octanol–water partition coefficient (Wildman–Crippen LogP) is 1.22. The van der Waals surface area contributed by atoms with Gasteiger partial charge in [0.2, 0.25) is 5.91 Å². The van der Waals surface area contributed by atoms with Gasteiger partial charge in [-0.2, -0.15) is 0 Å². The Morgan fingerprint density at radius 2 is 1.74 bits per heavy atom. The number of carbonyl (C=O) groups is 2. The first-order chi connectivity index (χ1) is 8.99. The monoisotopic (exact) mass is 268 g/mol. The third-order valence-electron chi connectivity index (χ3n) is 4.89. The summed E-state index contributed by atoms with van der Waals surface area (Å²) in [6.45, 7) is 3.55. The lowest BCUT2D eigenvalue weighted by molar-refractivity contribution is -0.156. The van der Waals surface area contributed by atoms with Crippen LogP contribution in [0.15, 0.2) is 0 Å². The third-order valence-corrected chi connectivity index (χ3v) is 4.89. The number of hydrogen-bond acceptors (Lipinski definition) is 3. The van der Waals surface area contributed by atoms with Crippen molar-refractivity contribution in [1.82, 2.24) is 4.90 Å². The van der Waals surface area contributed by atoms with Crippen LogP contribution in [0.25, 0.3) is 0 Å². The van der Waals surface area contributed by atoms with Crippen LogP contribution in [0, 0.1) is 10.8 Å². The van der Waals surface area contributed by atoms with Crippen molar-refractivity contribution in [1.29, 1.82) is 0 Å². The van der Waals surface area contributed by atoms with E-state index in [-0.39, 0.29) is 11.3 Å². The second kappa shape index (κ2) is 5.12. The molecule has 0 aromatic carbocycles. The highest BCUT2D eigenvalue weighted by Gasteiger charge is 2.52. The minimum Gasteiger partial charge on any atom is -0.481 e. The van der Waals surface area contributed by atoms with Crippen LogP contribution in [0.5, 0.6) is 0 Å². The minimum absolute atomic E-state index is 0.144. The highest BCUT2D eigenvalue weighted by atomic mass is 16.4. The van der Waals surface area contributed by atoms with Gasteiger partial charge >= 0.3 is 5.97 Å². The van der Waals surface area contributed by atoms with E-state index in [1.807, 2.05) is 11.8 Å². The molecule has 0 aromatic heterocycles. The normalized spacial score (nSPS) is 24.0. The molecule has 5 heteroatoms. The molecule has 0 unspecified atom stereocenters. The second-order valence-electron chi connectivity index (χ2n) is 6.11. The van der Waals surface area contributed by atoms with E-state index in [0.717, 1.165) is 19.3 Å². The number of amides is 1. The Kier molecular flexibility index (Phi) is 3.85. The second-order valence-corrected chi connectivity index (χ2v) is 6.11. The molecule has 5 nitrogen and oxygen atoms in total. The Morgan fingerprint density at radius 1 is 1.16 bits per heavy atom. The van der Waals surface area contributed by atoms with E-state index in [0.29, 0.717) is 38.9 Å². The lowest BCUT2D eigenvalue weighted by Gasteiger charge is -2.40. The molecule has 0 atom stereocenters. The van der Waals surface area contributed by atoms with E-state index in [1.54, 1.807) is 0 Å². The molecule has 0 bridgehead atoms. The summed E-state index contributed by atoms with van der Waals surface area (Å²) in [6, 6.07) is 0. The van der Waals surface area contributed by atoms with Crippen molar-refractivity contribution in [3.8, 4) is 0 Å². The molecule has 1 aliphatic heterocycles. The maximum atomic E-state index is 12.4. The lowest BCUT2D eigenvalue weighted by Crippen LogP contribution is -2.49. The number of carbonyl (C=O) groups excluding carboxylic acids is 1. The van der Waals surface area contributed by atoms with Crippen molar-refractivity contribution < 1.29 is 14.7 Å². The Bertz CT molecular complexity index is 369.